The molecule has 1 fully saturated rings. The Morgan fingerprint density at radius 3 is 2.65 bits per heavy atom. The molecule has 6 heteroatoms. The van der Waals surface area contributed by atoms with Crippen LogP contribution in [0.4, 0.5) is 9.18 Å². The van der Waals surface area contributed by atoms with Gasteiger partial charge in [0.05, 0.1) is 6.61 Å². The van der Waals surface area contributed by atoms with Crippen LogP contribution in [0, 0.1) is 5.82 Å². The zero-order valence-electron chi connectivity index (χ0n) is 11.5. The van der Waals surface area contributed by atoms with Crippen LogP contribution in [0.25, 0.3) is 0 Å². The average Bonchev–Trinajstić information content (AvgIpc) is 2.44. The van der Waals surface area contributed by atoms with Gasteiger partial charge in [-0.15, -0.1) is 0 Å². The van der Waals surface area contributed by atoms with Gasteiger partial charge in [-0.3, -0.25) is 4.90 Å². The largest absolute Gasteiger partial charge is 0.505 e. The van der Waals surface area contributed by atoms with Crippen molar-refractivity contribution in [2.24, 2.45) is 0 Å². The van der Waals surface area contributed by atoms with Crippen molar-refractivity contribution in [3.63, 3.8) is 0 Å². The predicted molar refractivity (Wildman–Crippen MR) is 71.9 cm³/mol. The number of nitrogens with zero attached hydrogens (tertiary/aromatic N) is 2. The Morgan fingerprint density at radius 1 is 1.35 bits per heavy atom. The number of benzene rings is 1. The van der Waals surface area contributed by atoms with Crippen LogP contribution in [-0.2, 0) is 11.3 Å². The molecule has 2 rings (SSSR count). The fraction of sp³-hybridized carbons (Fsp3) is 0.500. The summed E-state index contributed by atoms with van der Waals surface area (Å²) in [4.78, 5) is 15.4. The highest BCUT2D eigenvalue weighted by molar-refractivity contribution is 5.67. The molecule has 1 aromatic rings. The number of piperazine rings is 1. The molecule has 20 heavy (non-hydrogen) atoms. The molecule has 1 saturated heterocycles. The third-order valence-electron chi connectivity index (χ3n) is 3.32. The second-order valence-electron chi connectivity index (χ2n) is 4.75. The minimum atomic E-state index is -0.604. The average molecular weight is 282 g/mol. The van der Waals surface area contributed by atoms with Crippen molar-refractivity contribution >= 4 is 6.09 Å². The van der Waals surface area contributed by atoms with Crippen molar-refractivity contribution < 1.29 is 19.0 Å². The molecule has 1 aliphatic rings. The lowest BCUT2D eigenvalue weighted by atomic mass is 10.2. The first kappa shape index (κ1) is 14.6. The van der Waals surface area contributed by atoms with Gasteiger partial charge < -0.3 is 14.7 Å². The molecule has 1 aliphatic heterocycles. The minimum Gasteiger partial charge on any atom is -0.505 e. The molecular weight excluding hydrogens is 263 g/mol. The summed E-state index contributed by atoms with van der Waals surface area (Å²) in [5.41, 5.74) is 0.810. The molecule has 1 heterocycles. The van der Waals surface area contributed by atoms with Crippen molar-refractivity contribution in [1.29, 1.82) is 0 Å². The fourth-order valence-electron chi connectivity index (χ4n) is 2.21. The van der Waals surface area contributed by atoms with Crippen LogP contribution in [0.1, 0.15) is 12.5 Å². The summed E-state index contributed by atoms with van der Waals surface area (Å²) < 4.78 is 18.2. The zero-order chi connectivity index (χ0) is 14.5. The molecule has 0 saturated carbocycles. The summed E-state index contributed by atoms with van der Waals surface area (Å²) in [6, 6.07) is 4.41. The van der Waals surface area contributed by atoms with Gasteiger partial charge in [-0.25, -0.2) is 9.18 Å². The van der Waals surface area contributed by atoms with Crippen molar-refractivity contribution in [1.82, 2.24) is 9.80 Å². The molecule has 0 spiro atoms. The number of phenols is 1. The quantitative estimate of drug-likeness (QED) is 0.918. The van der Waals surface area contributed by atoms with Gasteiger partial charge in [0.15, 0.2) is 11.6 Å². The van der Waals surface area contributed by atoms with Crippen molar-refractivity contribution in [2.75, 3.05) is 32.8 Å². The van der Waals surface area contributed by atoms with E-state index in [4.69, 9.17) is 9.84 Å². The van der Waals surface area contributed by atoms with E-state index in [-0.39, 0.29) is 11.8 Å². The molecule has 1 N–H and O–H groups in total. The minimum absolute atomic E-state index is 0.275. The third-order valence-corrected chi connectivity index (χ3v) is 3.32. The SMILES string of the molecule is CCOC(=O)N1CCN(Cc2ccc(O)c(F)c2)CC1. The monoisotopic (exact) mass is 282 g/mol. The van der Waals surface area contributed by atoms with E-state index in [2.05, 4.69) is 4.90 Å². The summed E-state index contributed by atoms with van der Waals surface area (Å²) >= 11 is 0. The first-order valence-corrected chi connectivity index (χ1v) is 6.71. The number of halogens is 1. The summed E-state index contributed by atoms with van der Waals surface area (Å²) in [6.07, 6.45) is -0.275. The van der Waals surface area contributed by atoms with Gasteiger partial charge in [0.1, 0.15) is 0 Å². The summed E-state index contributed by atoms with van der Waals surface area (Å²) in [5, 5.41) is 9.15. The number of ether oxygens (including phenoxy) is 1. The molecule has 0 atom stereocenters. The maximum Gasteiger partial charge on any atom is 0.409 e. The zero-order valence-corrected chi connectivity index (χ0v) is 11.5. The molecule has 1 aromatic carbocycles. The number of rotatable bonds is 3. The molecule has 110 valence electrons. The van der Waals surface area contributed by atoms with E-state index < -0.39 is 5.82 Å². The van der Waals surface area contributed by atoms with E-state index in [9.17, 15) is 9.18 Å². The van der Waals surface area contributed by atoms with Crippen molar-refractivity contribution in [3.05, 3.63) is 29.6 Å². The van der Waals surface area contributed by atoms with Crippen molar-refractivity contribution in [3.8, 4) is 5.75 Å². The van der Waals surface area contributed by atoms with Crippen LogP contribution in [-0.4, -0.2) is 53.8 Å². The first-order valence-electron chi connectivity index (χ1n) is 6.71. The second kappa shape index (κ2) is 6.56. The molecule has 0 bridgehead atoms. The number of carbonyl (C=O) groups is 1. The first-order chi connectivity index (χ1) is 9.60. The highest BCUT2D eigenvalue weighted by Crippen LogP contribution is 2.18. The Hall–Kier alpha value is -1.82. The van der Waals surface area contributed by atoms with Crippen LogP contribution in [0.2, 0.25) is 0 Å². The molecule has 0 aromatic heterocycles. The molecule has 1 amide bonds. The van der Waals surface area contributed by atoms with Crippen LogP contribution in [0.3, 0.4) is 0 Å². The van der Waals surface area contributed by atoms with Crippen LogP contribution < -0.4 is 0 Å². The van der Waals surface area contributed by atoms with Crippen molar-refractivity contribution in [2.45, 2.75) is 13.5 Å². The Bertz CT molecular complexity index is 473. The second-order valence-corrected chi connectivity index (χ2v) is 4.75. The number of phenolic OH excluding ortho intramolecular Hbond substituents is 1. The molecule has 0 aliphatic carbocycles. The maximum absolute atomic E-state index is 13.2. The van der Waals surface area contributed by atoms with Crippen LogP contribution >= 0.6 is 0 Å². The third kappa shape index (κ3) is 3.60. The Morgan fingerprint density at radius 2 is 2.05 bits per heavy atom. The molecule has 0 unspecified atom stereocenters. The van der Waals surface area contributed by atoms with E-state index in [0.717, 1.165) is 18.7 Å². The van der Waals surface area contributed by atoms with Gasteiger partial charge in [0, 0.05) is 32.7 Å². The molecule has 5 nitrogen and oxygen atoms in total. The van der Waals surface area contributed by atoms with E-state index in [1.165, 1.54) is 12.1 Å². The van der Waals surface area contributed by atoms with E-state index in [1.807, 2.05) is 0 Å². The van der Waals surface area contributed by atoms with Crippen LogP contribution in [0.5, 0.6) is 5.75 Å². The van der Waals surface area contributed by atoms with E-state index in [1.54, 1.807) is 17.9 Å². The number of hydrogen-bond donors (Lipinski definition) is 1. The number of amides is 1. The highest BCUT2D eigenvalue weighted by Gasteiger charge is 2.21. The van der Waals surface area contributed by atoms with Gasteiger partial charge in [-0.1, -0.05) is 6.07 Å². The van der Waals surface area contributed by atoms with E-state index >= 15 is 0 Å². The number of aromatic hydroxyl groups is 1. The predicted octanol–water partition coefficient (Wildman–Crippen LogP) is 1.81. The number of hydrogen-bond acceptors (Lipinski definition) is 4. The lowest BCUT2D eigenvalue weighted by Crippen LogP contribution is -2.48. The summed E-state index contributed by atoms with van der Waals surface area (Å²) in [5.74, 6) is -0.937. The van der Waals surface area contributed by atoms with Gasteiger partial charge in [0.25, 0.3) is 0 Å². The Kier molecular flexibility index (Phi) is 4.79. The number of carbonyl (C=O) groups excluding carboxylic acids is 1. The summed E-state index contributed by atoms with van der Waals surface area (Å²) in [7, 11) is 0. The van der Waals surface area contributed by atoms with Gasteiger partial charge in [-0.05, 0) is 24.6 Å². The molecule has 0 radical (unpaired) electrons. The normalized spacial score (nSPS) is 16.2. The van der Waals surface area contributed by atoms with E-state index in [0.29, 0.717) is 26.2 Å². The molecular formula is C14H19FN2O3. The smallest absolute Gasteiger partial charge is 0.409 e. The lowest BCUT2D eigenvalue weighted by Gasteiger charge is -2.34. The standard InChI is InChI=1S/C14H19FN2O3/c1-2-20-14(19)17-7-5-16(6-8-17)10-11-3-4-13(18)12(15)9-11/h3-4,9,18H,2,5-8,10H2,1H3. The topological polar surface area (TPSA) is 53.0 Å². The van der Waals surface area contributed by atoms with Gasteiger partial charge >= 0.3 is 6.09 Å². The highest BCUT2D eigenvalue weighted by atomic mass is 19.1. The Balaban J connectivity index is 1.85. The van der Waals surface area contributed by atoms with Gasteiger partial charge in [0.2, 0.25) is 0 Å². The van der Waals surface area contributed by atoms with Crippen LogP contribution in [0.15, 0.2) is 18.2 Å². The summed E-state index contributed by atoms with van der Waals surface area (Å²) in [6.45, 7) is 5.44. The maximum atomic E-state index is 13.2. The lowest BCUT2D eigenvalue weighted by molar-refractivity contribution is 0.0778. The Labute approximate surface area is 117 Å². The fourth-order valence-corrected chi connectivity index (χ4v) is 2.21. The van der Waals surface area contributed by atoms with Gasteiger partial charge in [-0.2, -0.15) is 0 Å².